The molecule has 17 heavy (non-hydrogen) atoms. The molecule has 1 aromatic carbocycles. The summed E-state index contributed by atoms with van der Waals surface area (Å²) in [5.74, 6) is 1.06. The molecule has 3 N–H and O–H groups in total. The molecule has 1 unspecified atom stereocenters. The number of nitrogens with two attached hydrogens (primary N) is 1. The summed E-state index contributed by atoms with van der Waals surface area (Å²) in [6.45, 7) is 6.70. The van der Waals surface area contributed by atoms with Gasteiger partial charge >= 0.3 is 0 Å². The van der Waals surface area contributed by atoms with Crippen LogP contribution in [0.3, 0.4) is 0 Å². The second-order valence-electron chi connectivity index (χ2n) is 4.52. The third kappa shape index (κ3) is 4.02. The zero-order chi connectivity index (χ0) is 12.8. The number of ether oxygens (including phenoxy) is 1. The second kappa shape index (κ2) is 6.62. The highest BCUT2D eigenvalue weighted by Gasteiger charge is 2.13. The molecule has 3 nitrogen and oxygen atoms in total. The highest BCUT2D eigenvalue weighted by Crippen LogP contribution is 2.23. The molecule has 96 valence electrons. The molecule has 0 saturated carbocycles. The standard InChI is InChI=1S/C14H23NO2/c1-4-12(14(15)16)8-9-17-13-10(2)6-5-7-11(13)3/h5-7,12,14,16H,4,8-9,15H2,1-3H3/t12?,14-/m1/s1. The van der Waals surface area contributed by atoms with Crippen LogP contribution in [0.4, 0.5) is 0 Å². The lowest BCUT2D eigenvalue weighted by Gasteiger charge is -2.19. The maximum atomic E-state index is 9.34. The second-order valence-corrected chi connectivity index (χ2v) is 4.52. The molecule has 0 aromatic heterocycles. The third-order valence-corrected chi connectivity index (χ3v) is 3.15. The SMILES string of the molecule is CCC(CCOc1c(C)cccc1C)[C@H](N)O. The predicted octanol–water partition coefficient (Wildman–Crippen LogP) is 2.38. The molecule has 1 rings (SSSR count). The summed E-state index contributed by atoms with van der Waals surface area (Å²) in [7, 11) is 0. The summed E-state index contributed by atoms with van der Waals surface area (Å²) in [5, 5.41) is 9.34. The predicted molar refractivity (Wildman–Crippen MR) is 70.0 cm³/mol. The van der Waals surface area contributed by atoms with Crippen LogP contribution in [0, 0.1) is 19.8 Å². The maximum absolute atomic E-state index is 9.34. The van der Waals surface area contributed by atoms with Gasteiger partial charge in [-0.2, -0.15) is 0 Å². The van der Waals surface area contributed by atoms with Crippen LogP contribution in [0.2, 0.25) is 0 Å². The Morgan fingerprint density at radius 1 is 1.29 bits per heavy atom. The quantitative estimate of drug-likeness (QED) is 0.747. The molecular formula is C14H23NO2. The Kier molecular flexibility index (Phi) is 5.45. The van der Waals surface area contributed by atoms with E-state index >= 15 is 0 Å². The number of aliphatic hydroxyl groups excluding tert-OH is 1. The molecule has 0 fully saturated rings. The van der Waals surface area contributed by atoms with Crippen LogP contribution in [0.15, 0.2) is 18.2 Å². The van der Waals surface area contributed by atoms with Gasteiger partial charge in [0, 0.05) is 5.92 Å². The Balaban J connectivity index is 2.51. The first-order chi connectivity index (χ1) is 8.06. The van der Waals surface area contributed by atoms with E-state index in [1.165, 1.54) is 0 Å². The normalized spacial score (nSPS) is 14.4. The summed E-state index contributed by atoms with van der Waals surface area (Å²) in [4.78, 5) is 0. The van der Waals surface area contributed by atoms with Gasteiger partial charge in [0.05, 0.1) is 6.61 Å². The number of rotatable bonds is 6. The van der Waals surface area contributed by atoms with Crippen molar-refractivity contribution in [3.8, 4) is 5.75 Å². The summed E-state index contributed by atoms with van der Waals surface area (Å²) in [6, 6.07) is 6.10. The van der Waals surface area contributed by atoms with Crippen molar-refractivity contribution in [1.29, 1.82) is 0 Å². The Morgan fingerprint density at radius 2 is 1.88 bits per heavy atom. The van der Waals surface area contributed by atoms with Crippen LogP contribution in [0.5, 0.6) is 5.75 Å². The number of para-hydroxylation sites is 1. The van der Waals surface area contributed by atoms with Crippen LogP contribution < -0.4 is 10.5 Å². The van der Waals surface area contributed by atoms with Gasteiger partial charge < -0.3 is 15.6 Å². The van der Waals surface area contributed by atoms with Gasteiger partial charge in [-0.25, -0.2) is 0 Å². The Labute approximate surface area is 104 Å². The summed E-state index contributed by atoms with van der Waals surface area (Å²) < 4.78 is 5.78. The zero-order valence-corrected chi connectivity index (χ0v) is 10.9. The molecule has 0 aliphatic heterocycles. The minimum atomic E-state index is -0.749. The molecule has 0 heterocycles. The Hall–Kier alpha value is -1.06. The van der Waals surface area contributed by atoms with Gasteiger partial charge in [0.2, 0.25) is 0 Å². The molecular weight excluding hydrogens is 214 g/mol. The van der Waals surface area contributed by atoms with E-state index in [0.29, 0.717) is 6.61 Å². The Morgan fingerprint density at radius 3 is 2.35 bits per heavy atom. The van der Waals surface area contributed by atoms with Crippen molar-refractivity contribution in [1.82, 2.24) is 0 Å². The van der Waals surface area contributed by atoms with E-state index in [4.69, 9.17) is 10.5 Å². The smallest absolute Gasteiger partial charge is 0.125 e. The Bertz CT molecular complexity index is 330. The zero-order valence-electron chi connectivity index (χ0n) is 10.9. The summed E-state index contributed by atoms with van der Waals surface area (Å²) in [6.07, 6.45) is 0.900. The van der Waals surface area contributed by atoms with E-state index in [-0.39, 0.29) is 5.92 Å². The van der Waals surface area contributed by atoms with E-state index in [0.717, 1.165) is 29.7 Å². The average Bonchev–Trinajstić information content (AvgIpc) is 2.27. The summed E-state index contributed by atoms with van der Waals surface area (Å²) in [5.41, 5.74) is 7.78. The van der Waals surface area contributed by atoms with Crippen LogP contribution in [-0.2, 0) is 0 Å². The van der Waals surface area contributed by atoms with E-state index in [1.807, 2.05) is 39.0 Å². The van der Waals surface area contributed by atoms with E-state index in [9.17, 15) is 5.11 Å². The summed E-state index contributed by atoms with van der Waals surface area (Å²) >= 11 is 0. The van der Waals surface area contributed by atoms with Crippen molar-refractivity contribution in [2.24, 2.45) is 11.7 Å². The molecule has 0 aliphatic rings. The lowest BCUT2D eigenvalue weighted by molar-refractivity contribution is 0.0953. The lowest BCUT2D eigenvalue weighted by atomic mass is 10.0. The molecule has 1 aromatic rings. The lowest BCUT2D eigenvalue weighted by Crippen LogP contribution is -2.30. The first kappa shape index (κ1) is 14.0. The molecule has 0 amide bonds. The van der Waals surface area contributed by atoms with Gasteiger partial charge in [0.25, 0.3) is 0 Å². The van der Waals surface area contributed by atoms with Crippen molar-refractivity contribution < 1.29 is 9.84 Å². The third-order valence-electron chi connectivity index (χ3n) is 3.15. The first-order valence-corrected chi connectivity index (χ1v) is 6.19. The molecule has 2 atom stereocenters. The molecule has 0 saturated heterocycles. The number of hydrogen-bond donors (Lipinski definition) is 2. The number of aryl methyl sites for hydroxylation is 2. The maximum Gasteiger partial charge on any atom is 0.125 e. The van der Waals surface area contributed by atoms with Crippen LogP contribution in [0.25, 0.3) is 0 Å². The molecule has 0 bridgehead atoms. The minimum Gasteiger partial charge on any atom is -0.493 e. The van der Waals surface area contributed by atoms with Crippen molar-refractivity contribution >= 4 is 0 Å². The van der Waals surface area contributed by atoms with E-state index in [2.05, 4.69) is 0 Å². The fourth-order valence-corrected chi connectivity index (χ4v) is 1.96. The fraction of sp³-hybridized carbons (Fsp3) is 0.571. The van der Waals surface area contributed by atoms with E-state index in [1.54, 1.807) is 0 Å². The van der Waals surface area contributed by atoms with E-state index < -0.39 is 6.23 Å². The number of benzene rings is 1. The highest BCUT2D eigenvalue weighted by molar-refractivity contribution is 5.39. The van der Waals surface area contributed by atoms with Gasteiger partial charge in [-0.1, -0.05) is 25.1 Å². The van der Waals surface area contributed by atoms with Crippen LogP contribution in [0.1, 0.15) is 30.9 Å². The van der Waals surface area contributed by atoms with Crippen molar-refractivity contribution in [3.63, 3.8) is 0 Å². The van der Waals surface area contributed by atoms with Gasteiger partial charge in [0.15, 0.2) is 0 Å². The van der Waals surface area contributed by atoms with Gasteiger partial charge in [-0.15, -0.1) is 0 Å². The number of aliphatic hydroxyl groups is 1. The largest absolute Gasteiger partial charge is 0.493 e. The average molecular weight is 237 g/mol. The molecule has 3 heteroatoms. The molecule has 0 radical (unpaired) electrons. The van der Waals surface area contributed by atoms with Gasteiger partial charge in [0.1, 0.15) is 12.0 Å². The van der Waals surface area contributed by atoms with Gasteiger partial charge in [-0.3, -0.25) is 0 Å². The highest BCUT2D eigenvalue weighted by atomic mass is 16.5. The topological polar surface area (TPSA) is 55.5 Å². The molecule has 0 spiro atoms. The van der Waals surface area contributed by atoms with Crippen molar-refractivity contribution in [3.05, 3.63) is 29.3 Å². The van der Waals surface area contributed by atoms with Crippen LogP contribution >= 0.6 is 0 Å². The first-order valence-electron chi connectivity index (χ1n) is 6.19. The number of hydrogen-bond acceptors (Lipinski definition) is 3. The fourth-order valence-electron chi connectivity index (χ4n) is 1.96. The van der Waals surface area contributed by atoms with Crippen LogP contribution in [-0.4, -0.2) is 17.9 Å². The van der Waals surface area contributed by atoms with Gasteiger partial charge in [-0.05, 0) is 37.8 Å². The van der Waals surface area contributed by atoms with Crippen molar-refractivity contribution in [2.75, 3.05) is 6.61 Å². The van der Waals surface area contributed by atoms with Crippen molar-refractivity contribution in [2.45, 2.75) is 39.8 Å². The monoisotopic (exact) mass is 237 g/mol. The molecule has 0 aliphatic carbocycles. The minimum absolute atomic E-state index is 0.110.